The number of sulfonamides is 1. The minimum Gasteiger partial charge on any atom is -0.497 e. The van der Waals surface area contributed by atoms with Gasteiger partial charge in [0.25, 0.3) is 5.91 Å². The minimum atomic E-state index is -5.09. The van der Waals surface area contributed by atoms with Gasteiger partial charge in [-0.25, -0.2) is 13.2 Å². The first-order chi connectivity index (χ1) is 26.5. The van der Waals surface area contributed by atoms with Crippen molar-refractivity contribution in [1.29, 1.82) is 0 Å². The van der Waals surface area contributed by atoms with Gasteiger partial charge in [-0.2, -0.15) is 23.4 Å². The fourth-order valence-corrected chi connectivity index (χ4v) is 9.31. The highest BCUT2D eigenvalue weighted by atomic mass is 32.2. The molecule has 57 heavy (non-hydrogen) atoms. The fraction of sp³-hybridized carbons (Fsp3) is 0.632. The maximum absolute atomic E-state index is 14.9. The Labute approximate surface area is 328 Å². The average Bonchev–Trinajstić information content (AvgIpc) is 4.01. The van der Waals surface area contributed by atoms with Crippen molar-refractivity contribution < 1.29 is 55.3 Å². The highest BCUT2D eigenvalue weighted by Gasteiger charge is 2.64. The standard InChI is InChI=1S/C38H49F3N6O9S/c1-21-9-7-8-10-23-18-37(23,33(50)45-57(53,54)36(5)13-14-36)43-31(48)28-17-25(56-29-19-42-44-27-16-24(55-6)11-12-26(27)29)20-46(28)32(49)30(22(2)15-21)47(34(51)52)35(3,4)38(39,40)41/h8,10-12,16,19,21-23,25,28,30H,7,9,13-15,17-18,20H2,1-6H3,(H,43,48)(H,45,50)(H,51,52)/b10-8-/t21-,22-,23-,25-,28+,30+,37-/m1/s1. The second-order valence-corrected chi connectivity index (χ2v) is 18.9. The number of benzene rings is 1. The molecule has 2 saturated carbocycles. The van der Waals surface area contributed by atoms with Crippen LogP contribution in [-0.2, 0) is 24.4 Å². The van der Waals surface area contributed by atoms with Crippen LogP contribution in [0.15, 0.2) is 36.5 Å². The first kappa shape index (κ1) is 41.9. The van der Waals surface area contributed by atoms with Crippen LogP contribution in [0, 0.1) is 17.8 Å². The normalized spacial score (nSPS) is 29.8. The Kier molecular flexibility index (Phi) is 11.0. The van der Waals surface area contributed by atoms with Crippen LogP contribution in [0.25, 0.3) is 10.9 Å². The maximum atomic E-state index is 14.9. The van der Waals surface area contributed by atoms with Crippen LogP contribution in [0.4, 0.5) is 18.0 Å². The highest BCUT2D eigenvalue weighted by molar-refractivity contribution is 7.91. The Morgan fingerprint density at radius 2 is 1.84 bits per heavy atom. The number of aromatic nitrogens is 2. The lowest BCUT2D eigenvalue weighted by Gasteiger charge is -2.45. The van der Waals surface area contributed by atoms with E-state index in [0.717, 1.165) is 4.90 Å². The lowest BCUT2D eigenvalue weighted by atomic mass is 9.85. The van der Waals surface area contributed by atoms with Crippen LogP contribution in [0.2, 0.25) is 0 Å². The van der Waals surface area contributed by atoms with Gasteiger partial charge in [-0.3, -0.25) is 24.0 Å². The minimum absolute atomic E-state index is 0.0494. The van der Waals surface area contributed by atoms with Gasteiger partial charge < -0.3 is 24.8 Å². The summed E-state index contributed by atoms with van der Waals surface area (Å²) in [5, 5.41) is 21.8. The third-order valence-electron chi connectivity index (χ3n) is 12.1. The zero-order chi connectivity index (χ0) is 41.9. The molecule has 7 atom stereocenters. The quantitative estimate of drug-likeness (QED) is 0.316. The van der Waals surface area contributed by atoms with Crippen molar-refractivity contribution >= 4 is 44.7 Å². The predicted octanol–water partition coefficient (Wildman–Crippen LogP) is 4.56. The van der Waals surface area contributed by atoms with Crippen molar-refractivity contribution in [1.82, 2.24) is 30.0 Å². The van der Waals surface area contributed by atoms with Gasteiger partial charge in [-0.05, 0) is 83.3 Å². The second kappa shape index (κ2) is 14.9. The smallest absolute Gasteiger partial charge is 0.411 e. The van der Waals surface area contributed by atoms with E-state index in [0.29, 0.717) is 56.2 Å². The van der Waals surface area contributed by atoms with E-state index >= 15 is 0 Å². The van der Waals surface area contributed by atoms with E-state index < -0.39 is 85.9 Å². The highest BCUT2D eigenvalue weighted by Crippen LogP contribution is 2.48. The third kappa shape index (κ3) is 7.95. The van der Waals surface area contributed by atoms with Crippen LogP contribution >= 0.6 is 0 Å². The molecule has 19 heteroatoms. The van der Waals surface area contributed by atoms with Crippen LogP contribution in [0.1, 0.15) is 79.6 Å². The van der Waals surface area contributed by atoms with E-state index in [1.54, 1.807) is 30.4 Å². The van der Waals surface area contributed by atoms with Gasteiger partial charge in [0, 0.05) is 23.8 Å². The van der Waals surface area contributed by atoms with Crippen LogP contribution in [0.3, 0.4) is 0 Å². The number of carbonyl (C=O) groups excluding carboxylic acids is 3. The molecule has 3 heterocycles. The summed E-state index contributed by atoms with van der Waals surface area (Å²) < 4.78 is 83.0. The van der Waals surface area contributed by atoms with E-state index in [4.69, 9.17) is 9.47 Å². The molecule has 0 unspecified atom stereocenters. The monoisotopic (exact) mass is 822 g/mol. The molecule has 4 amide bonds. The van der Waals surface area contributed by atoms with Gasteiger partial charge in [-0.15, -0.1) is 0 Å². The number of rotatable bonds is 8. The Balaban J connectivity index is 1.42. The summed E-state index contributed by atoms with van der Waals surface area (Å²) in [6.07, 6.45) is -1.52. The molecule has 1 aromatic carbocycles. The van der Waals surface area contributed by atoms with Crippen LogP contribution in [0.5, 0.6) is 11.5 Å². The summed E-state index contributed by atoms with van der Waals surface area (Å²) in [7, 11) is -2.64. The number of hydrogen-bond donors (Lipinski definition) is 3. The molecule has 2 aromatic rings. The molecule has 0 bridgehead atoms. The largest absolute Gasteiger partial charge is 0.497 e. The zero-order valence-corrected chi connectivity index (χ0v) is 33.4. The number of carbonyl (C=O) groups is 4. The number of amides is 4. The summed E-state index contributed by atoms with van der Waals surface area (Å²) in [5.41, 5.74) is -4.35. The molecule has 3 N–H and O–H groups in total. The molecular weight excluding hydrogens is 774 g/mol. The molecule has 15 nitrogen and oxygen atoms in total. The number of halogens is 3. The number of alkyl halides is 3. The molecule has 0 radical (unpaired) electrons. The lowest BCUT2D eigenvalue weighted by Crippen LogP contribution is -2.66. The van der Waals surface area contributed by atoms with Crippen molar-refractivity contribution in [3.63, 3.8) is 0 Å². The van der Waals surface area contributed by atoms with Gasteiger partial charge in [0.2, 0.25) is 21.8 Å². The van der Waals surface area contributed by atoms with Crippen molar-refractivity contribution in [2.75, 3.05) is 13.7 Å². The SMILES string of the molecule is COc1ccc2c(O[C@@H]3C[C@H]4C(=O)N[C@]5(C(=O)NS(=O)(=O)C6(C)CC6)C[C@H]5/C=C\CC[C@@H](C)C[C@@H](C)[C@H](N(C(=O)O)C(C)(C)C(F)(F)F)C(=O)N4C3)cnnc2c1. The van der Waals surface area contributed by atoms with E-state index in [2.05, 4.69) is 20.2 Å². The zero-order valence-electron chi connectivity index (χ0n) is 32.6. The van der Waals surface area contributed by atoms with Crippen molar-refractivity contribution in [3.8, 4) is 11.5 Å². The Morgan fingerprint density at radius 3 is 2.47 bits per heavy atom. The van der Waals surface area contributed by atoms with Gasteiger partial charge >= 0.3 is 12.3 Å². The number of carboxylic acid groups (broad SMARTS) is 1. The second-order valence-electron chi connectivity index (χ2n) is 16.7. The number of ether oxygens (including phenoxy) is 2. The lowest BCUT2D eigenvalue weighted by molar-refractivity contribution is -0.222. The van der Waals surface area contributed by atoms with Crippen molar-refractivity contribution in [3.05, 3.63) is 36.5 Å². The molecule has 6 rings (SSSR count). The number of allylic oxidation sites excluding steroid dienone is 1. The Hall–Kier alpha value is -4.68. The van der Waals surface area contributed by atoms with E-state index in [9.17, 15) is 45.9 Å². The summed E-state index contributed by atoms with van der Waals surface area (Å²) in [6, 6.07) is 1.58. The third-order valence-corrected chi connectivity index (χ3v) is 14.2. The van der Waals surface area contributed by atoms with E-state index in [1.807, 2.05) is 6.92 Å². The molecule has 0 spiro atoms. The molecule has 2 aliphatic carbocycles. The number of nitrogens with one attached hydrogen (secondary N) is 2. The summed E-state index contributed by atoms with van der Waals surface area (Å²) in [5.74, 6) is -3.92. The number of fused-ring (bicyclic) bond motifs is 3. The van der Waals surface area contributed by atoms with Crippen LogP contribution < -0.4 is 19.5 Å². The molecule has 3 fully saturated rings. The average molecular weight is 823 g/mol. The molecular formula is C38H49F3N6O9S. The van der Waals surface area contributed by atoms with Gasteiger partial charge in [0.1, 0.15) is 46.3 Å². The van der Waals surface area contributed by atoms with Crippen molar-refractivity contribution in [2.24, 2.45) is 17.8 Å². The summed E-state index contributed by atoms with van der Waals surface area (Å²) in [4.78, 5) is 57.4. The molecule has 1 aromatic heterocycles. The Morgan fingerprint density at radius 1 is 1.14 bits per heavy atom. The predicted molar refractivity (Wildman–Crippen MR) is 199 cm³/mol. The van der Waals surface area contributed by atoms with Crippen LogP contribution in [-0.4, -0.2) is 111 Å². The van der Waals surface area contributed by atoms with Gasteiger partial charge in [0.05, 0.1) is 24.6 Å². The van der Waals surface area contributed by atoms with E-state index in [1.165, 1.54) is 27.2 Å². The molecule has 4 aliphatic rings. The topological polar surface area (TPSA) is 197 Å². The molecule has 1 saturated heterocycles. The van der Waals surface area contributed by atoms with E-state index in [-0.39, 0.29) is 42.4 Å². The van der Waals surface area contributed by atoms with Gasteiger partial charge in [0.15, 0.2) is 0 Å². The number of methoxy groups -OCH3 is 1. The fourth-order valence-electron chi connectivity index (χ4n) is 8.00. The van der Waals surface area contributed by atoms with Crippen molar-refractivity contribution in [2.45, 2.75) is 120 Å². The molecule has 312 valence electrons. The molecule has 2 aliphatic heterocycles. The Bertz CT molecular complexity index is 2080. The maximum Gasteiger partial charge on any atom is 0.411 e. The summed E-state index contributed by atoms with van der Waals surface area (Å²) in [6.45, 7) is 5.90. The first-order valence-corrected chi connectivity index (χ1v) is 20.4. The number of nitrogens with zero attached hydrogens (tertiary/aromatic N) is 4. The summed E-state index contributed by atoms with van der Waals surface area (Å²) >= 11 is 0. The number of hydrogen-bond acceptors (Lipinski definition) is 10. The van der Waals surface area contributed by atoms with Gasteiger partial charge in [-0.1, -0.05) is 26.0 Å². The first-order valence-electron chi connectivity index (χ1n) is 19.0.